The highest BCUT2D eigenvalue weighted by molar-refractivity contribution is 7.89. The predicted octanol–water partition coefficient (Wildman–Crippen LogP) is 1.72. The average Bonchev–Trinajstić information content (AvgIpc) is 2.91. The number of amides is 1. The second-order valence-corrected chi connectivity index (χ2v) is 7.36. The number of carbonyl (C=O) groups is 1. The second kappa shape index (κ2) is 6.58. The molecular weight excluding hydrogens is 288 g/mol. The Balaban J connectivity index is 1.98. The van der Waals surface area contributed by atoms with Crippen molar-refractivity contribution in [1.82, 2.24) is 10.0 Å². The number of hydrogen-bond acceptors (Lipinski definition) is 3. The Hall–Kier alpha value is -1.40. The van der Waals surface area contributed by atoms with Crippen molar-refractivity contribution in [3.05, 3.63) is 29.8 Å². The molecule has 21 heavy (non-hydrogen) atoms. The summed E-state index contributed by atoms with van der Waals surface area (Å²) >= 11 is 0. The lowest BCUT2D eigenvalue weighted by Gasteiger charge is -2.17. The van der Waals surface area contributed by atoms with Crippen LogP contribution in [0.5, 0.6) is 0 Å². The van der Waals surface area contributed by atoms with Gasteiger partial charge >= 0.3 is 0 Å². The van der Waals surface area contributed by atoms with Crippen LogP contribution < -0.4 is 10.0 Å². The molecule has 1 saturated carbocycles. The van der Waals surface area contributed by atoms with E-state index in [0.717, 1.165) is 31.2 Å². The van der Waals surface area contributed by atoms with Gasteiger partial charge in [0.2, 0.25) is 15.9 Å². The molecule has 0 bridgehead atoms. The van der Waals surface area contributed by atoms with Crippen molar-refractivity contribution >= 4 is 15.9 Å². The van der Waals surface area contributed by atoms with E-state index in [1.807, 2.05) is 6.92 Å². The molecule has 116 valence electrons. The molecule has 1 aromatic carbocycles. The summed E-state index contributed by atoms with van der Waals surface area (Å²) in [6.07, 6.45) is 4.19. The van der Waals surface area contributed by atoms with Crippen LogP contribution in [0.25, 0.3) is 0 Å². The molecule has 0 heterocycles. The number of hydrogen-bond donors (Lipinski definition) is 2. The van der Waals surface area contributed by atoms with Crippen LogP contribution in [0.15, 0.2) is 29.2 Å². The minimum absolute atomic E-state index is 0.175. The molecule has 5 nitrogen and oxygen atoms in total. The minimum atomic E-state index is -3.67. The van der Waals surface area contributed by atoms with Gasteiger partial charge in [-0.05, 0) is 38.8 Å². The Morgan fingerprint density at radius 3 is 2.33 bits per heavy atom. The van der Waals surface area contributed by atoms with Crippen molar-refractivity contribution in [3.63, 3.8) is 0 Å². The summed E-state index contributed by atoms with van der Waals surface area (Å²) in [5, 5.41) is 2.90. The van der Waals surface area contributed by atoms with Crippen LogP contribution in [0.2, 0.25) is 0 Å². The van der Waals surface area contributed by atoms with E-state index >= 15 is 0 Å². The zero-order chi connectivity index (χ0) is 15.5. The Bertz CT molecular complexity index is 590. The molecule has 1 aliphatic carbocycles. The first-order chi connectivity index (χ1) is 9.88. The Morgan fingerprint density at radius 1 is 1.19 bits per heavy atom. The molecule has 0 unspecified atom stereocenters. The van der Waals surface area contributed by atoms with Crippen LogP contribution in [0.1, 0.15) is 38.2 Å². The highest BCUT2D eigenvalue weighted by Gasteiger charge is 2.24. The molecular formula is C15H22N2O3S. The van der Waals surface area contributed by atoms with Crippen molar-refractivity contribution in [3.8, 4) is 0 Å². The molecule has 1 aliphatic rings. The van der Waals surface area contributed by atoms with E-state index in [1.165, 1.54) is 0 Å². The Kier molecular flexibility index (Phi) is 5.00. The number of nitrogens with one attached hydrogen (secondary N) is 2. The van der Waals surface area contributed by atoms with Gasteiger partial charge in [0.05, 0.1) is 10.9 Å². The van der Waals surface area contributed by atoms with Crippen LogP contribution in [-0.2, 0) is 14.8 Å². The molecule has 0 spiro atoms. The van der Waals surface area contributed by atoms with Crippen molar-refractivity contribution in [2.24, 2.45) is 0 Å². The first kappa shape index (κ1) is 16.0. The van der Waals surface area contributed by atoms with Crippen LogP contribution in [0, 0.1) is 6.92 Å². The second-order valence-electron chi connectivity index (χ2n) is 5.65. The first-order valence-corrected chi connectivity index (χ1v) is 8.76. The van der Waals surface area contributed by atoms with Gasteiger partial charge in [-0.25, -0.2) is 8.42 Å². The third-order valence-electron chi connectivity index (χ3n) is 3.76. The van der Waals surface area contributed by atoms with Gasteiger partial charge in [-0.2, -0.15) is 4.72 Å². The lowest BCUT2D eigenvalue weighted by molar-refractivity contribution is -0.123. The van der Waals surface area contributed by atoms with Crippen LogP contribution in [0.4, 0.5) is 0 Å². The van der Waals surface area contributed by atoms with Crippen LogP contribution >= 0.6 is 0 Å². The first-order valence-electron chi connectivity index (χ1n) is 7.28. The van der Waals surface area contributed by atoms with Crippen molar-refractivity contribution in [2.75, 3.05) is 0 Å². The third-order valence-corrected chi connectivity index (χ3v) is 5.31. The molecule has 2 rings (SSSR count). The standard InChI is InChI=1S/C15H22N2O3S/c1-11-7-9-14(10-8-11)21(19,20)17-12(2)15(18)16-13-5-3-4-6-13/h7-10,12-13,17H,3-6H2,1-2H3,(H,16,18)/t12-/m0/s1. The number of benzene rings is 1. The number of sulfonamides is 1. The van der Waals surface area contributed by atoms with E-state index in [0.29, 0.717) is 0 Å². The molecule has 1 fully saturated rings. The largest absolute Gasteiger partial charge is 0.352 e. The van der Waals surface area contributed by atoms with Crippen molar-refractivity contribution in [2.45, 2.75) is 56.5 Å². The summed E-state index contributed by atoms with van der Waals surface area (Å²) in [6, 6.07) is 5.95. The monoisotopic (exact) mass is 310 g/mol. The molecule has 0 aliphatic heterocycles. The zero-order valence-electron chi connectivity index (χ0n) is 12.4. The van der Waals surface area contributed by atoms with Gasteiger partial charge in [0.15, 0.2) is 0 Å². The molecule has 1 aromatic rings. The van der Waals surface area contributed by atoms with Gasteiger partial charge in [0.1, 0.15) is 0 Å². The lowest BCUT2D eigenvalue weighted by Crippen LogP contribution is -2.47. The van der Waals surface area contributed by atoms with E-state index < -0.39 is 16.1 Å². The molecule has 2 N–H and O–H groups in total. The summed E-state index contributed by atoms with van der Waals surface area (Å²) in [5.41, 5.74) is 0.987. The van der Waals surface area contributed by atoms with E-state index in [-0.39, 0.29) is 16.8 Å². The van der Waals surface area contributed by atoms with E-state index in [9.17, 15) is 13.2 Å². The molecule has 6 heteroatoms. The van der Waals surface area contributed by atoms with Crippen LogP contribution in [-0.4, -0.2) is 26.4 Å². The maximum Gasteiger partial charge on any atom is 0.241 e. The van der Waals surface area contributed by atoms with E-state index in [2.05, 4.69) is 10.0 Å². The van der Waals surface area contributed by atoms with Gasteiger partial charge in [-0.15, -0.1) is 0 Å². The summed E-state index contributed by atoms with van der Waals surface area (Å²) in [7, 11) is -3.67. The maximum absolute atomic E-state index is 12.2. The normalized spacial score (nSPS) is 17.6. The Morgan fingerprint density at radius 2 is 1.76 bits per heavy atom. The summed E-state index contributed by atoms with van der Waals surface area (Å²) in [4.78, 5) is 12.2. The van der Waals surface area contributed by atoms with Crippen LogP contribution in [0.3, 0.4) is 0 Å². The van der Waals surface area contributed by atoms with Gasteiger partial charge in [0, 0.05) is 6.04 Å². The summed E-state index contributed by atoms with van der Waals surface area (Å²) in [5.74, 6) is -0.266. The van der Waals surface area contributed by atoms with Gasteiger partial charge in [-0.3, -0.25) is 4.79 Å². The van der Waals surface area contributed by atoms with Crippen molar-refractivity contribution in [1.29, 1.82) is 0 Å². The minimum Gasteiger partial charge on any atom is -0.352 e. The fourth-order valence-corrected chi connectivity index (χ4v) is 3.67. The highest BCUT2D eigenvalue weighted by atomic mass is 32.2. The average molecular weight is 310 g/mol. The molecule has 1 atom stereocenters. The molecule has 0 radical (unpaired) electrons. The van der Waals surface area contributed by atoms with Crippen molar-refractivity contribution < 1.29 is 13.2 Å². The Labute approximate surface area is 126 Å². The van der Waals surface area contributed by atoms with Gasteiger partial charge < -0.3 is 5.32 Å². The number of aryl methyl sites for hydroxylation is 1. The molecule has 0 aromatic heterocycles. The SMILES string of the molecule is Cc1ccc(S(=O)(=O)N[C@@H](C)C(=O)NC2CCCC2)cc1. The number of carbonyl (C=O) groups excluding carboxylic acids is 1. The zero-order valence-corrected chi connectivity index (χ0v) is 13.2. The fraction of sp³-hybridized carbons (Fsp3) is 0.533. The van der Waals surface area contributed by atoms with E-state index in [4.69, 9.17) is 0 Å². The predicted molar refractivity (Wildman–Crippen MR) is 81.4 cm³/mol. The van der Waals surface area contributed by atoms with E-state index in [1.54, 1.807) is 31.2 Å². The maximum atomic E-state index is 12.2. The molecule has 1 amide bonds. The topological polar surface area (TPSA) is 75.3 Å². The smallest absolute Gasteiger partial charge is 0.241 e. The fourth-order valence-electron chi connectivity index (χ4n) is 2.47. The quantitative estimate of drug-likeness (QED) is 0.869. The van der Waals surface area contributed by atoms with Gasteiger partial charge in [0.25, 0.3) is 0 Å². The number of rotatable bonds is 5. The lowest BCUT2D eigenvalue weighted by atomic mass is 10.2. The summed E-state index contributed by atoms with van der Waals surface area (Å²) in [6.45, 7) is 3.46. The highest BCUT2D eigenvalue weighted by Crippen LogP contribution is 2.17. The van der Waals surface area contributed by atoms with Gasteiger partial charge in [-0.1, -0.05) is 30.5 Å². The molecule has 0 saturated heterocycles. The third kappa shape index (κ3) is 4.28. The summed E-state index contributed by atoms with van der Waals surface area (Å²) < 4.78 is 26.8.